The zero-order valence-electron chi connectivity index (χ0n) is 9.69. The molecule has 4 heteroatoms. The third-order valence-electron chi connectivity index (χ3n) is 2.63. The van der Waals surface area contributed by atoms with Gasteiger partial charge in [-0.1, -0.05) is 18.2 Å². The van der Waals surface area contributed by atoms with E-state index < -0.39 is 9.84 Å². The number of aryl methyl sites for hydroxylation is 1. The van der Waals surface area contributed by atoms with E-state index in [4.69, 9.17) is 0 Å². The van der Waals surface area contributed by atoms with Crippen LogP contribution in [0.15, 0.2) is 28.5 Å². The Morgan fingerprint density at radius 3 is 2.56 bits per heavy atom. The average Bonchev–Trinajstić information content (AvgIpc) is 2.38. The molecule has 0 amide bonds. The number of hydrogen-bond acceptors (Lipinski definition) is 3. The van der Waals surface area contributed by atoms with Crippen molar-refractivity contribution in [2.24, 2.45) is 0 Å². The molecule has 2 rings (SSSR count). The quantitative estimate of drug-likeness (QED) is 0.785. The van der Waals surface area contributed by atoms with E-state index in [-0.39, 0.29) is 0 Å². The molecule has 1 aliphatic rings. The molecule has 1 aliphatic heterocycles. The fourth-order valence-corrected chi connectivity index (χ4v) is 3.77. The van der Waals surface area contributed by atoms with Crippen LogP contribution >= 0.6 is 0 Å². The summed E-state index contributed by atoms with van der Waals surface area (Å²) in [5, 5.41) is 1.39. The van der Waals surface area contributed by atoms with Crippen LogP contribution in [0.5, 0.6) is 0 Å². The Hall–Kier alpha value is -1.13. The molecule has 0 aromatic heterocycles. The minimum absolute atomic E-state index is 0.479. The molecular formula is C12H15NO2S. The lowest BCUT2D eigenvalue weighted by Crippen LogP contribution is -2.13. The van der Waals surface area contributed by atoms with Crippen molar-refractivity contribution in [3.63, 3.8) is 0 Å². The minimum Gasteiger partial charge on any atom is -0.305 e. The van der Waals surface area contributed by atoms with Crippen LogP contribution in [0.2, 0.25) is 0 Å². The predicted molar refractivity (Wildman–Crippen MR) is 64.9 cm³/mol. The maximum atomic E-state index is 12.0. The van der Waals surface area contributed by atoms with Crippen molar-refractivity contribution < 1.29 is 8.42 Å². The molecule has 0 N–H and O–H groups in total. The normalized spacial score (nSPS) is 17.4. The number of rotatable bonds is 2. The van der Waals surface area contributed by atoms with Crippen LogP contribution in [-0.2, 0) is 9.84 Å². The summed E-state index contributed by atoms with van der Waals surface area (Å²) in [4.78, 5) is 2.45. The van der Waals surface area contributed by atoms with Crippen molar-refractivity contribution in [3.05, 3.63) is 34.7 Å². The van der Waals surface area contributed by atoms with Gasteiger partial charge in [0.1, 0.15) is 0 Å². The summed E-state index contributed by atoms with van der Waals surface area (Å²) in [6, 6.07) is 5.61. The van der Waals surface area contributed by atoms with Crippen LogP contribution in [0.25, 0.3) is 5.57 Å². The first-order chi connectivity index (χ1) is 7.42. The second-order valence-electron chi connectivity index (χ2n) is 4.38. The highest BCUT2D eigenvalue weighted by atomic mass is 32.2. The topological polar surface area (TPSA) is 37.4 Å². The molecule has 86 valence electrons. The minimum atomic E-state index is -3.22. The van der Waals surface area contributed by atoms with Crippen molar-refractivity contribution >= 4 is 15.4 Å². The number of fused-ring (bicyclic) bond motifs is 1. The number of likely N-dealkylation sites (N-methyl/N-ethyl adjacent to an activating group) is 1. The maximum Gasteiger partial charge on any atom is 0.201 e. The van der Waals surface area contributed by atoms with Crippen LogP contribution in [0, 0.1) is 6.92 Å². The van der Waals surface area contributed by atoms with Crippen molar-refractivity contribution in [3.8, 4) is 0 Å². The number of hydrogen-bond donors (Lipinski definition) is 0. The Bertz CT molecular complexity index is 556. The number of benzene rings is 1. The van der Waals surface area contributed by atoms with E-state index in [9.17, 15) is 8.42 Å². The molecule has 1 heterocycles. The molecular weight excluding hydrogens is 222 g/mol. The Labute approximate surface area is 96.3 Å². The van der Waals surface area contributed by atoms with E-state index >= 15 is 0 Å². The van der Waals surface area contributed by atoms with E-state index in [0.717, 1.165) is 16.7 Å². The number of sulfone groups is 1. The van der Waals surface area contributed by atoms with E-state index in [1.54, 1.807) is 0 Å². The number of nitrogens with zero attached hydrogens (tertiary/aromatic N) is 1. The van der Waals surface area contributed by atoms with E-state index in [2.05, 4.69) is 0 Å². The maximum absolute atomic E-state index is 12.0. The lowest BCUT2D eigenvalue weighted by Gasteiger charge is -2.11. The second kappa shape index (κ2) is 3.71. The predicted octanol–water partition coefficient (Wildman–Crippen LogP) is 1.68. The molecule has 1 aromatic rings. The third-order valence-corrected chi connectivity index (χ3v) is 4.33. The largest absolute Gasteiger partial charge is 0.305 e. The molecule has 0 radical (unpaired) electrons. The highest BCUT2D eigenvalue weighted by Gasteiger charge is 2.28. The van der Waals surface area contributed by atoms with Gasteiger partial charge < -0.3 is 4.90 Å². The van der Waals surface area contributed by atoms with Gasteiger partial charge >= 0.3 is 0 Å². The molecule has 0 unspecified atom stereocenters. The fraction of sp³-hybridized carbons (Fsp3) is 0.333. The summed E-state index contributed by atoms with van der Waals surface area (Å²) in [7, 11) is 0.644. The summed E-state index contributed by atoms with van der Waals surface area (Å²) in [6.45, 7) is 2.48. The van der Waals surface area contributed by atoms with Crippen LogP contribution in [0.3, 0.4) is 0 Å². The zero-order chi connectivity index (χ0) is 11.9. The molecule has 0 saturated carbocycles. The highest BCUT2D eigenvalue weighted by Crippen LogP contribution is 2.35. The van der Waals surface area contributed by atoms with E-state index in [1.165, 1.54) is 5.41 Å². The summed E-state index contributed by atoms with van der Waals surface area (Å²) >= 11 is 0. The van der Waals surface area contributed by atoms with Crippen LogP contribution < -0.4 is 0 Å². The van der Waals surface area contributed by atoms with E-state index in [0.29, 0.717) is 11.4 Å². The standard InChI is InChI=1S/C12H15NO2S/c1-9-5-4-6-11-10(7-13(2)3)8-16(14,15)12(9)11/h4-6,8H,7H2,1-3H3. The molecule has 1 aromatic carbocycles. The summed E-state index contributed by atoms with van der Waals surface area (Å²) in [5.74, 6) is 0. The van der Waals surface area contributed by atoms with E-state index in [1.807, 2.05) is 44.1 Å². The van der Waals surface area contributed by atoms with Crippen molar-refractivity contribution in [2.75, 3.05) is 20.6 Å². The molecule has 0 aliphatic carbocycles. The monoisotopic (exact) mass is 237 g/mol. The van der Waals surface area contributed by atoms with Crippen molar-refractivity contribution in [1.29, 1.82) is 0 Å². The average molecular weight is 237 g/mol. The fourth-order valence-electron chi connectivity index (χ4n) is 2.06. The zero-order valence-corrected chi connectivity index (χ0v) is 10.5. The molecule has 16 heavy (non-hydrogen) atoms. The van der Waals surface area contributed by atoms with Gasteiger partial charge in [0.25, 0.3) is 0 Å². The molecule has 0 bridgehead atoms. The van der Waals surface area contributed by atoms with Crippen LogP contribution in [0.4, 0.5) is 0 Å². The summed E-state index contributed by atoms with van der Waals surface area (Å²) < 4.78 is 23.9. The van der Waals surface area contributed by atoms with Crippen LogP contribution in [-0.4, -0.2) is 34.0 Å². The van der Waals surface area contributed by atoms with Gasteiger partial charge in [-0.2, -0.15) is 0 Å². The summed E-state index contributed by atoms with van der Waals surface area (Å²) in [5.41, 5.74) is 2.56. The molecule has 3 nitrogen and oxygen atoms in total. The van der Waals surface area contributed by atoms with Gasteiger partial charge in [-0.05, 0) is 37.7 Å². The summed E-state index contributed by atoms with van der Waals surface area (Å²) in [6.07, 6.45) is 0. The van der Waals surface area contributed by atoms with Gasteiger partial charge in [0.2, 0.25) is 9.84 Å². The molecule has 0 spiro atoms. The molecule has 0 fully saturated rings. The first-order valence-electron chi connectivity index (χ1n) is 5.12. The first kappa shape index (κ1) is 11.4. The third kappa shape index (κ3) is 1.79. The lowest BCUT2D eigenvalue weighted by molar-refractivity contribution is 0.463. The van der Waals surface area contributed by atoms with Gasteiger partial charge in [0.05, 0.1) is 4.90 Å². The Morgan fingerprint density at radius 1 is 1.25 bits per heavy atom. The Kier molecular flexibility index (Phi) is 2.64. The highest BCUT2D eigenvalue weighted by molar-refractivity contribution is 7.95. The molecule has 0 atom stereocenters. The van der Waals surface area contributed by atoms with Crippen molar-refractivity contribution in [2.45, 2.75) is 11.8 Å². The first-order valence-corrected chi connectivity index (χ1v) is 6.67. The Morgan fingerprint density at radius 2 is 1.94 bits per heavy atom. The van der Waals surface area contributed by atoms with Gasteiger partial charge in [-0.3, -0.25) is 0 Å². The SMILES string of the molecule is Cc1cccc2c1S(=O)(=O)C=C2CN(C)C. The van der Waals surface area contributed by atoms with Gasteiger partial charge in [0, 0.05) is 12.0 Å². The van der Waals surface area contributed by atoms with Crippen molar-refractivity contribution in [1.82, 2.24) is 4.90 Å². The Balaban J connectivity index is 2.61. The second-order valence-corrected chi connectivity index (χ2v) is 6.11. The lowest BCUT2D eigenvalue weighted by atomic mass is 10.0. The van der Waals surface area contributed by atoms with Crippen LogP contribution in [0.1, 0.15) is 11.1 Å². The smallest absolute Gasteiger partial charge is 0.201 e. The molecule has 0 saturated heterocycles. The van der Waals surface area contributed by atoms with Gasteiger partial charge in [0.15, 0.2) is 0 Å². The van der Waals surface area contributed by atoms with Gasteiger partial charge in [-0.25, -0.2) is 8.42 Å². The van der Waals surface area contributed by atoms with Gasteiger partial charge in [-0.15, -0.1) is 0 Å².